The van der Waals surface area contributed by atoms with E-state index in [1.54, 1.807) is 30.3 Å². The molecule has 0 aliphatic heterocycles. The summed E-state index contributed by atoms with van der Waals surface area (Å²) in [6.07, 6.45) is 0.326. The molecule has 0 radical (unpaired) electrons. The van der Waals surface area contributed by atoms with Gasteiger partial charge in [-0.15, -0.1) is 0 Å². The van der Waals surface area contributed by atoms with E-state index in [9.17, 15) is 9.59 Å². The molecule has 0 aliphatic carbocycles. The number of carbonyl (C=O) groups excluding carboxylic acids is 2. The smallest absolute Gasteiger partial charge is 0.255 e. The first kappa shape index (κ1) is 17.4. The number of rotatable bonds is 5. The third-order valence-electron chi connectivity index (χ3n) is 4.02. The van der Waals surface area contributed by atoms with Crippen molar-refractivity contribution < 1.29 is 9.59 Å². The maximum absolute atomic E-state index is 12.3. The van der Waals surface area contributed by atoms with Gasteiger partial charge in [0.2, 0.25) is 5.91 Å². The van der Waals surface area contributed by atoms with Crippen molar-refractivity contribution in [2.75, 3.05) is 10.6 Å². The van der Waals surface area contributed by atoms with E-state index in [1.165, 1.54) is 0 Å². The molecule has 4 heteroatoms. The molecule has 3 aromatic rings. The molecule has 0 saturated heterocycles. The Kier molecular flexibility index (Phi) is 5.44. The van der Waals surface area contributed by atoms with Crippen LogP contribution in [-0.2, 0) is 11.2 Å². The lowest BCUT2D eigenvalue weighted by atomic mass is 10.1. The summed E-state index contributed by atoms with van der Waals surface area (Å²) in [5.41, 5.74) is 3.91. The number of hydrogen-bond donors (Lipinski definition) is 2. The second-order valence-corrected chi connectivity index (χ2v) is 6.06. The number of carbonyl (C=O) groups is 2. The van der Waals surface area contributed by atoms with Crippen LogP contribution in [0, 0.1) is 6.92 Å². The normalized spacial score (nSPS) is 10.2. The Hall–Kier alpha value is -3.40. The van der Waals surface area contributed by atoms with Crippen LogP contribution in [0.3, 0.4) is 0 Å². The Balaban J connectivity index is 1.59. The lowest BCUT2D eigenvalue weighted by molar-refractivity contribution is -0.115. The molecule has 0 heterocycles. The lowest BCUT2D eigenvalue weighted by Gasteiger charge is -2.09. The molecular formula is C22H20N2O2. The third-order valence-corrected chi connectivity index (χ3v) is 4.02. The second-order valence-electron chi connectivity index (χ2n) is 6.06. The van der Waals surface area contributed by atoms with Crippen LogP contribution in [-0.4, -0.2) is 11.8 Å². The maximum atomic E-state index is 12.3. The standard InChI is InChI=1S/C22H20N2O2/c1-16-7-5-6-10-20(16)22(26)24-19-13-11-18(12-14-19)23-21(25)15-17-8-3-2-4-9-17/h2-14H,15H2,1H3,(H,23,25)(H,24,26). The van der Waals surface area contributed by atoms with Gasteiger partial charge >= 0.3 is 0 Å². The fraction of sp³-hybridized carbons (Fsp3) is 0.0909. The van der Waals surface area contributed by atoms with Crippen molar-refractivity contribution in [3.05, 3.63) is 95.6 Å². The summed E-state index contributed by atoms with van der Waals surface area (Å²) < 4.78 is 0. The van der Waals surface area contributed by atoms with Crippen LogP contribution in [0.25, 0.3) is 0 Å². The van der Waals surface area contributed by atoms with Crippen molar-refractivity contribution in [1.29, 1.82) is 0 Å². The minimum absolute atomic E-state index is 0.0760. The van der Waals surface area contributed by atoms with Crippen molar-refractivity contribution in [1.82, 2.24) is 0 Å². The zero-order chi connectivity index (χ0) is 18.4. The molecule has 0 fully saturated rings. The highest BCUT2D eigenvalue weighted by molar-refractivity contribution is 6.05. The monoisotopic (exact) mass is 344 g/mol. The molecule has 0 saturated carbocycles. The zero-order valence-corrected chi connectivity index (χ0v) is 14.5. The number of anilines is 2. The Morgan fingerprint density at radius 1 is 0.731 bits per heavy atom. The summed E-state index contributed by atoms with van der Waals surface area (Å²) >= 11 is 0. The molecule has 0 aromatic heterocycles. The Bertz CT molecular complexity index is 903. The van der Waals surface area contributed by atoms with Crippen LogP contribution in [0.4, 0.5) is 11.4 Å². The number of hydrogen-bond acceptors (Lipinski definition) is 2. The van der Waals surface area contributed by atoms with Gasteiger partial charge in [-0.05, 0) is 48.4 Å². The summed E-state index contributed by atoms with van der Waals surface area (Å²) in [4.78, 5) is 24.4. The quantitative estimate of drug-likeness (QED) is 0.719. The van der Waals surface area contributed by atoms with Gasteiger partial charge in [0.05, 0.1) is 6.42 Å². The Morgan fingerprint density at radius 2 is 1.31 bits per heavy atom. The van der Waals surface area contributed by atoms with E-state index in [0.717, 1.165) is 11.1 Å². The predicted octanol–water partition coefficient (Wildman–Crippen LogP) is 4.43. The summed E-state index contributed by atoms with van der Waals surface area (Å²) in [6, 6.07) is 24.1. The van der Waals surface area contributed by atoms with Gasteiger partial charge in [-0.1, -0.05) is 48.5 Å². The van der Waals surface area contributed by atoms with Gasteiger partial charge in [0.1, 0.15) is 0 Å². The molecule has 0 atom stereocenters. The highest BCUT2D eigenvalue weighted by Crippen LogP contribution is 2.16. The van der Waals surface area contributed by atoms with Gasteiger partial charge in [0, 0.05) is 16.9 Å². The summed E-state index contributed by atoms with van der Waals surface area (Å²) in [5, 5.41) is 5.73. The van der Waals surface area contributed by atoms with E-state index in [1.807, 2.05) is 55.5 Å². The number of amides is 2. The van der Waals surface area contributed by atoms with Crippen LogP contribution in [0.15, 0.2) is 78.9 Å². The molecule has 0 bridgehead atoms. The first-order chi connectivity index (χ1) is 12.6. The first-order valence-electron chi connectivity index (χ1n) is 8.42. The average Bonchev–Trinajstić information content (AvgIpc) is 2.64. The third kappa shape index (κ3) is 4.57. The van der Waals surface area contributed by atoms with Gasteiger partial charge in [-0.2, -0.15) is 0 Å². The average molecular weight is 344 g/mol. The molecule has 0 aliphatic rings. The zero-order valence-electron chi connectivity index (χ0n) is 14.5. The van der Waals surface area contributed by atoms with E-state index >= 15 is 0 Å². The van der Waals surface area contributed by atoms with Gasteiger partial charge < -0.3 is 10.6 Å². The summed E-state index contributed by atoms with van der Waals surface area (Å²) in [6.45, 7) is 1.90. The van der Waals surface area contributed by atoms with Crippen molar-refractivity contribution >= 4 is 23.2 Å². The van der Waals surface area contributed by atoms with E-state index in [4.69, 9.17) is 0 Å². The Labute approximate surface area is 152 Å². The molecule has 130 valence electrons. The van der Waals surface area contributed by atoms with Gasteiger partial charge in [-0.25, -0.2) is 0 Å². The fourth-order valence-corrected chi connectivity index (χ4v) is 2.65. The topological polar surface area (TPSA) is 58.2 Å². The number of benzene rings is 3. The van der Waals surface area contributed by atoms with Gasteiger partial charge in [0.15, 0.2) is 0 Å². The van der Waals surface area contributed by atoms with E-state index in [-0.39, 0.29) is 11.8 Å². The highest BCUT2D eigenvalue weighted by Gasteiger charge is 2.09. The largest absolute Gasteiger partial charge is 0.326 e. The van der Waals surface area contributed by atoms with Crippen LogP contribution in [0.5, 0.6) is 0 Å². The second kappa shape index (κ2) is 8.12. The maximum Gasteiger partial charge on any atom is 0.255 e. The van der Waals surface area contributed by atoms with Crippen LogP contribution < -0.4 is 10.6 Å². The van der Waals surface area contributed by atoms with E-state index in [2.05, 4.69) is 10.6 Å². The molecule has 4 nitrogen and oxygen atoms in total. The number of nitrogens with one attached hydrogen (secondary N) is 2. The van der Waals surface area contributed by atoms with Crippen LogP contribution in [0.1, 0.15) is 21.5 Å². The van der Waals surface area contributed by atoms with E-state index in [0.29, 0.717) is 23.4 Å². The van der Waals surface area contributed by atoms with Crippen molar-refractivity contribution in [3.63, 3.8) is 0 Å². The van der Waals surface area contributed by atoms with E-state index < -0.39 is 0 Å². The van der Waals surface area contributed by atoms with Crippen LogP contribution in [0.2, 0.25) is 0 Å². The lowest BCUT2D eigenvalue weighted by Crippen LogP contribution is -2.15. The molecule has 0 unspecified atom stereocenters. The van der Waals surface area contributed by atoms with Crippen molar-refractivity contribution in [2.45, 2.75) is 13.3 Å². The first-order valence-corrected chi connectivity index (χ1v) is 8.42. The van der Waals surface area contributed by atoms with Gasteiger partial charge in [0.25, 0.3) is 5.91 Å². The van der Waals surface area contributed by atoms with Crippen molar-refractivity contribution in [2.24, 2.45) is 0 Å². The fourth-order valence-electron chi connectivity index (χ4n) is 2.65. The minimum atomic E-state index is -0.149. The number of aryl methyl sites for hydroxylation is 1. The van der Waals surface area contributed by atoms with Gasteiger partial charge in [-0.3, -0.25) is 9.59 Å². The minimum Gasteiger partial charge on any atom is -0.326 e. The molecule has 2 amide bonds. The highest BCUT2D eigenvalue weighted by atomic mass is 16.2. The Morgan fingerprint density at radius 3 is 1.96 bits per heavy atom. The molecule has 3 aromatic carbocycles. The van der Waals surface area contributed by atoms with Crippen LogP contribution >= 0.6 is 0 Å². The summed E-state index contributed by atoms with van der Waals surface area (Å²) in [5.74, 6) is -0.225. The molecule has 2 N–H and O–H groups in total. The summed E-state index contributed by atoms with van der Waals surface area (Å²) in [7, 11) is 0. The molecule has 0 spiro atoms. The molecule has 3 rings (SSSR count). The predicted molar refractivity (Wildman–Crippen MR) is 104 cm³/mol. The SMILES string of the molecule is Cc1ccccc1C(=O)Nc1ccc(NC(=O)Cc2ccccc2)cc1. The molecular weight excluding hydrogens is 324 g/mol. The molecule has 26 heavy (non-hydrogen) atoms. The van der Waals surface area contributed by atoms with Crippen molar-refractivity contribution in [3.8, 4) is 0 Å².